The number of hydrogen-bond acceptors (Lipinski definition) is 11. The fraction of sp³-hybridized carbons (Fsp3) is 0.386. The molecule has 61 heavy (non-hydrogen) atoms. The van der Waals surface area contributed by atoms with Crippen LogP contribution in [0.4, 0.5) is 9.59 Å². The molecule has 17 nitrogen and oxygen atoms in total. The summed E-state index contributed by atoms with van der Waals surface area (Å²) in [4.78, 5) is 75.7. The second-order valence-corrected chi connectivity index (χ2v) is 15.7. The topological polar surface area (TPSA) is 206 Å². The normalized spacial score (nSPS) is 15.8. The van der Waals surface area contributed by atoms with Crippen molar-refractivity contribution in [2.24, 2.45) is 5.92 Å². The van der Waals surface area contributed by atoms with Crippen molar-refractivity contribution in [1.82, 2.24) is 45.4 Å². The molecule has 4 amide bonds. The van der Waals surface area contributed by atoms with Crippen molar-refractivity contribution in [3.05, 3.63) is 89.5 Å². The van der Waals surface area contributed by atoms with E-state index in [1.807, 2.05) is 32.9 Å². The van der Waals surface area contributed by atoms with Crippen molar-refractivity contribution in [1.29, 1.82) is 0 Å². The molecule has 0 saturated carbocycles. The minimum absolute atomic E-state index is 0.131. The summed E-state index contributed by atoms with van der Waals surface area (Å²) < 4.78 is 22.4. The highest BCUT2D eigenvalue weighted by atomic mass is 16.5. The summed E-state index contributed by atoms with van der Waals surface area (Å²) in [5.74, 6) is 2.13. The second-order valence-electron chi connectivity index (χ2n) is 15.7. The average molecular weight is 832 g/mol. The lowest BCUT2D eigenvalue weighted by Crippen LogP contribution is -2.51. The summed E-state index contributed by atoms with van der Waals surface area (Å²) in [5, 5.41) is 5.35. The Morgan fingerprint density at radius 2 is 1.56 bits per heavy atom. The van der Waals surface area contributed by atoms with Gasteiger partial charge < -0.3 is 49.3 Å². The highest BCUT2D eigenvalue weighted by molar-refractivity contribution is 5.89. The quantitative estimate of drug-likeness (QED) is 0.105. The Morgan fingerprint density at radius 1 is 0.902 bits per heavy atom. The highest BCUT2D eigenvalue weighted by Crippen LogP contribution is 2.51. The first-order chi connectivity index (χ1) is 29.6. The van der Waals surface area contributed by atoms with Crippen LogP contribution in [0.3, 0.4) is 0 Å². The number of hydrogen-bond donors (Lipinski definition) is 4. The number of pyridine rings is 1. The number of carbonyl (C=O) groups excluding carboxylic acids is 4. The van der Waals surface area contributed by atoms with Gasteiger partial charge in [-0.3, -0.25) is 14.6 Å². The molecule has 8 rings (SSSR count). The van der Waals surface area contributed by atoms with Gasteiger partial charge in [-0.25, -0.2) is 19.6 Å². The molecule has 1 unspecified atom stereocenters. The lowest BCUT2D eigenvalue weighted by molar-refractivity contribution is -0.135. The van der Waals surface area contributed by atoms with Crippen LogP contribution < -0.4 is 20.1 Å². The van der Waals surface area contributed by atoms with Gasteiger partial charge in [0.15, 0.2) is 0 Å². The summed E-state index contributed by atoms with van der Waals surface area (Å²) in [6.45, 7) is 7.59. The Balaban J connectivity index is 1.01. The van der Waals surface area contributed by atoms with Crippen molar-refractivity contribution in [2.45, 2.75) is 77.9 Å². The summed E-state index contributed by atoms with van der Waals surface area (Å²) in [5.41, 5.74) is 7.75. The van der Waals surface area contributed by atoms with Crippen LogP contribution in [-0.4, -0.2) is 92.1 Å². The van der Waals surface area contributed by atoms with E-state index >= 15 is 0 Å². The zero-order chi connectivity index (χ0) is 42.8. The van der Waals surface area contributed by atoms with Gasteiger partial charge in [-0.1, -0.05) is 26.8 Å². The molecule has 17 heteroatoms. The van der Waals surface area contributed by atoms with Crippen LogP contribution in [0.2, 0.25) is 0 Å². The number of aromatic nitrogens is 5. The number of carbonyl (C=O) groups is 4. The van der Waals surface area contributed by atoms with E-state index in [0.29, 0.717) is 49.9 Å². The van der Waals surface area contributed by atoms with E-state index in [-0.39, 0.29) is 30.3 Å². The molecule has 3 aromatic heterocycles. The number of rotatable bonds is 13. The largest absolute Gasteiger partial charge is 0.488 e. The Bertz CT molecular complexity index is 2400. The van der Waals surface area contributed by atoms with Crippen molar-refractivity contribution in [3.8, 4) is 45.1 Å². The van der Waals surface area contributed by atoms with Gasteiger partial charge in [0.05, 0.1) is 50.6 Å². The maximum Gasteiger partial charge on any atom is 0.407 e. The van der Waals surface area contributed by atoms with Crippen LogP contribution in [0.1, 0.15) is 80.5 Å². The molecule has 3 atom stereocenters. The standard InChI is InChI=1S/C44H49N9O8/c1-6-12-52(41(54)39(51-44(57)59-5)25-9-7-11-45-18-25)21-35-46-19-30(48-35)26-14-28-22-61-34-17-27(15-29-23-60-33(16-26)36(28)37(29)34)31-20-47-40(49-31)32-10-8-13-53(32)42(55)38(24(2)3)50-43(56)58-4/h7,9,11,14-20,24,32,38-39H,6,8,10,12-13,21-23H2,1-5H3,(H,46,48)(H,47,49)(H,50,56)(H,51,57)/t32-,38-,39?/m0/s1. The predicted molar refractivity (Wildman–Crippen MR) is 222 cm³/mol. The van der Waals surface area contributed by atoms with Gasteiger partial charge in [0.1, 0.15) is 48.4 Å². The molecule has 6 heterocycles. The lowest BCUT2D eigenvalue weighted by atomic mass is 9.87. The first-order valence-corrected chi connectivity index (χ1v) is 20.4. The Labute approximate surface area is 352 Å². The van der Waals surface area contributed by atoms with Gasteiger partial charge in [-0.2, -0.15) is 0 Å². The molecule has 3 aliphatic heterocycles. The van der Waals surface area contributed by atoms with E-state index in [1.54, 1.807) is 46.7 Å². The first kappa shape index (κ1) is 40.9. The minimum atomic E-state index is -0.990. The number of nitrogens with zero attached hydrogens (tertiary/aromatic N) is 5. The van der Waals surface area contributed by atoms with E-state index in [0.717, 1.165) is 69.1 Å². The molecule has 0 spiro atoms. The Kier molecular flexibility index (Phi) is 11.6. The van der Waals surface area contributed by atoms with Crippen LogP contribution in [0.15, 0.2) is 61.2 Å². The number of alkyl carbamates (subject to hydrolysis) is 2. The Hall–Kier alpha value is -6.91. The smallest absolute Gasteiger partial charge is 0.407 e. The van der Waals surface area contributed by atoms with Gasteiger partial charge in [0.2, 0.25) is 11.8 Å². The number of ether oxygens (including phenoxy) is 4. The molecular formula is C44H49N9O8. The molecule has 318 valence electrons. The van der Waals surface area contributed by atoms with Crippen LogP contribution in [0, 0.1) is 5.92 Å². The number of H-pyrrole nitrogens is 2. The molecule has 5 aromatic rings. The third kappa shape index (κ3) is 8.19. The molecule has 0 bridgehead atoms. The summed E-state index contributed by atoms with van der Waals surface area (Å²) in [6.07, 6.45) is 7.56. The number of aromatic amines is 2. The Morgan fingerprint density at radius 3 is 2.18 bits per heavy atom. The zero-order valence-electron chi connectivity index (χ0n) is 34.7. The fourth-order valence-corrected chi connectivity index (χ4v) is 8.34. The lowest BCUT2D eigenvalue weighted by Gasteiger charge is -2.30. The molecule has 0 radical (unpaired) electrons. The third-order valence-corrected chi connectivity index (χ3v) is 11.3. The molecule has 4 N–H and O–H groups in total. The van der Waals surface area contributed by atoms with Crippen molar-refractivity contribution in [2.75, 3.05) is 27.3 Å². The molecule has 2 aromatic carbocycles. The number of amides is 4. The van der Waals surface area contributed by atoms with Gasteiger partial charge in [-0.15, -0.1) is 0 Å². The van der Waals surface area contributed by atoms with E-state index in [1.165, 1.54) is 14.2 Å². The van der Waals surface area contributed by atoms with E-state index in [9.17, 15) is 19.2 Å². The number of methoxy groups -OCH3 is 2. The van der Waals surface area contributed by atoms with Crippen molar-refractivity contribution < 1.29 is 38.1 Å². The second kappa shape index (κ2) is 17.4. The molecular weight excluding hydrogens is 783 g/mol. The van der Waals surface area contributed by atoms with Crippen molar-refractivity contribution in [3.63, 3.8) is 0 Å². The van der Waals surface area contributed by atoms with Crippen LogP contribution in [-0.2, 0) is 38.8 Å². The first-order valence-electron chi connectivity index (χ1n) is 20.4. The summed E-state index contributed by atoms with van der Waals surface area (Å²) >= 11 is 0. The van der Waals surface area contributed by atoms with E-state index in [2.05, 4.69) is 42.7 Å². The van der Waals surface area contributed by atoms with Gasteiger partial charge >= 0.3 is 12.2 Å². The maximum atomic E-state index is 13.9. The average Bonchev–Trinajstić information content (AvgIpc) is 4.08. The van der Waals surface area contributed by atoms with E-state index in [4.69, 9.17) is 23.9 Å². The highest BCUT2D eigenvalue weighted by Gasteiger charge is 2.38. The molecule has 1 fully saturated rings. The third-order valence-electron chi connectivity index (χ3n) is 11.3. The van der Waals surface area contributed by atoms with Crippen LogP contribution >= 0.6 is 0 Å². The van der Waals surface area contributed by atoms with Crippen molar-refractivity contribution >= 4 is 24.0 Å². The molecule has 0 aliphatic carbocycles. The summed E-state index contributed by atoms with van der Waals surface area (Å²) in [6, 6.07) is 9.64. The van der Waals surface area contributed by atoms with Gasteiger partial charge in [0.25, 0.3) is 0 Å². The number of likely N-dealkylation sites (tertiary alicyclic amines) is 1. The minimum Gasteiger partial charge on any atom is -0.488 e. The number of imidazole rings is 2. The predicted octanol–water partition coefficient (Wildman–Crippen LogP) is 6.19. The van der Waals surface area contributed by atoms with Crippen LogP contribution in [0.25, 0.3) is 33.6 Å². The number of benzene rings is 2. The van der Waals surface area contributed by atoms with Gasteiger partial charge in [-0.05, 0) is 55.5 Å². The van der Waals surface area contributed by atoms with Crippen LogP contribution in [0.5, 0.6) is 11.5 Å². The van der Waals surface area contributed by atoms with Gasteiger partial charge in [0, 0.05) is 64.4 Å². The zero-order valence-corrected chi connectivity index (χ0v) is 34.7. The van der Waals surface area contributed by atoms with E-state index < -0.39 is 24.3 Å². The molecule has 1 saturated heterocycles. The monoisotopic (exact) mass is 831 g/mol. The fourth-order valence-electron chi connectivity index (χ4n) is 8.34. The molecule has 3 aliphatic rings. The summed E-state index contributed by atoms with van der Waals surface area (Å²) in [7, 11) is 2.53. The SMILES string of the molecule is CCCN(Cc1ncc(-c2cc3c4c(c2)OCc2cc(-c5cnc([C@@H]6CCCN6C(=O)[C@@H](NC(=O)OC)C(C)C)[nH]5)cc(c2-4)OC3)[nH]1)C(=O)C(NC(=O)OC)c1cccnc1. The number of nitrogens with one attached hydrogen (secondary N) is 4. The maximum absolute atomic E-state index is 13.9.